The number of hydrogen-bond acceptors (Lipinski definition) is 6. The Kier molecular flexibility index (Phi) is 4.14. The van der Waals surface area contributed by atoms with Gasteiger partial charge in [-0.2, -0.15) is 0 Å². The Morgan fingerprint density at radius 1 is 1.32 bits per heavy atom. The molecule has 1 aromatic carbocycles. The number of nitro groups is 1. The number of aliphatic hydroxyl groups is 2. The van der Waals surface area contributed by atoms with Crippen LogP contribution in [0.15, 0.2) is 18.2 Å². The third-order valence-corrected chi connectivity index (χ3v) is 2.39. The molecule has 0 saturated carbocycles. The summed E-state index contributed by atoms with van der Waals surface area (Å²) in [7, 11) is 0. The van der Waals surface area contributed by atoms with Crippen LogP contribution in [0.1, 0.15) is 22.0 Å². The van der Waals surface area contributed by atoms with Gasteiger partial charge in [-0.25, -0.2) is 4.79 Å². The van der Waals surface area contributed by atoms with Gasteiger partial charge in [0.15, 0.2) is 6.10 Å². The molecule has 5 N–H and O–H groups in total. The van der Waals surface area contributed by atoms with Gasteiger partial charge in [-0.15, -0.1) is 0 Å². The fourth-order valence-electron chi connectivity index (χ4n) is 1.43. The summed E-state index contributed by atoms with van der Waals surface area (Å²) in [5.74, 6) is -2.75. The number of amides is 1. The van der Waals surface area contributed by atoms with Crippen molar-refractivity contribution in [3.63, 3.8) is 0 Å². The summed E-state index contributed by atoms with van der Waals surface area (Å²) < 4.78 is 0. The summed E-state index contributed by atoms with van der Waals surface area (Å²) in [6, 6.07) is 2.59. The summed E-state index contributed by atoms with van der Waals surface area (Å²) in [4.78, 5) is 31.4. The molecule has 2 atom stereocenters. The van der Waals surface area contributed by atoms with Gasteiger partial charge in [0.05, 0.1) is 10.5 Å². The first-order chi connectivity index (χ1) is 8.75. The summed E-state index contributed by atoms with van der Waals surface area (Å²) in [6.45, 7) is 0. The minimum absolute atomic E-state index is 0.465. The standard InChI is InChI=1S/C10H10N2O7/c11-9(15)8(14)7(13)6-3-4(12(18)19)1-2-5(6)10(16)17/h1-3,7-8,13-14H,(H2,11,15)(H,16,17). The second kappa shape index (κ2) is 5.42. The number of non-ortho nitro benzene ring substituents is 1. The minimum Gasteiger partial charge on any atom is -0.478 e. The van der Waals surface area contributed by atoms with E-state index in [-0.39, 0.29) is 0 Å². The number of carboxylic acid groups (broad SMARTS) is 1. The topological polar surface area (TPSA) is 164 Å². The fourth-order valence-corrected chi connectivity index (χ4v) is 1.43. The highest BCUT2D eigenvalue weighted by Crippen LogP contribution is 2.26. The van der Waals surface area contributed by atoms with E-state index in [0.717, 1.165) is 18.2 Å². The zero-order valence-electron chi connectivity index (χ0n) is 9.39. The Labute approximate surface area is 106 Å². The van der Waals surface area contributed by atoms with Gasteiger partial charge in [0.25, 0.3) is 5.69 Å². The number of nitro benzene ring substituents is 1. The number of nitrogens with two attached hydrogens (primary N) is 1. The van der Waals surface area contributed by atoms with Crippen molar-refractivity contribution in [3.05, 3.63) is 39.4 Å². The maximum Gasteiger partial charge on any atom is 0.336 e. The molecule has 0 aromatic heterocycles. The third kappa shape index (κ3) is 3.03. The normalized spacial score (nSPS) is 13.6. The summed E-state index contributed by atoms with van der Waals surface area (Å²) in [6.07, 6.45) is -4.04. The maximum atomic E-state index is 10.9. The van der Waals surface area contributed by atoms with Gasteiger partial charge in [0.1, 0.15) is 6.10 Å². The van der Waals surface area contributed by atoms with Gasteiger partial charge in [-0.3, -0.25) is 14.9 Å². The number of aromatic carboxylic acids is 1. The zero-order chi connectivity index (χ0) is 14.7. The molecule has 9 nitrogen and oxygen atoms in total. The molecule has 9 heteroatoms. The van der Waals surface area contributed by atoms with Crippen LogP contribution in [-0.4, -0.2) is 38.2 Å². The molecule has 1 amide bonds. The molecule has 0 spiro atoms. The Hall–Kier alpha value is -2.52. The van der Waals surface area contributed by atoms with Gasteiger partial charge in [-0.05, 0) is 6.07 Å². The average molecular weight is 270 g/mol. The number of hydrogen-bond donors (Lipinski definition) is 4. The number of rotatable bonds is 5. The number of carboxylic acids is 1. The number of carbonyl (C=O) groups excluding carboxylic acids is 1. The summed E-state index contributed by atoms with van der Waals surface area (Å²) >= 11 is 0. The van der Waals surface area contributed by atoms with Crippen molar-refractivity contribution in [2.24, 2.45) is 5.73 Å². The molecule has 1 rings (SSSR count). The number of aliphatic hydroxyl groups excluding tert-OH is 2. The first kappa shape index (κ1) is 14.5. The third-order valence-electron chi connectivity index (χ3n) is 2.39. The number of carbonyl (C=O) groups is 2. The second-order valence-corrected chi connectivity index (χ2v) is 3.63. The van der Waals surface area contributed by atoms with Crippen molar-refractivity contribution in [2.75, 3.05) is 0 Å². The van der Waals surface area contributed by atoms with E-state index >= 15 is 0 Å². The van der Waals surface area contributed by atoms with E-state index in [0.29, 0.717) is 0 Å². The quantitative estimate of drug-likeness (QED) is 0.400. The molecule has 0 aliphatic rings. The molecule has 0 aliphatic carbocycles. The highest BCUT2D eigenvalue weighted by molar-refractivity contribution is 5.90. The monoisotopic (exact) mass is 270 g/mol. The first-order valence-electron chi connectivity index (χ1n) is 4.92. The summed E-state index contributed by atoms with van der Waals surface area (Å²) in [5.41, 5.74) is 3.34. The molecule has 2 unspecified atom stereocenters. The van der Waals surface area contributed by atoms with Crippen LogP contribution in [0.3, 0.4) is 0 Å². The van der Waals surface area contributed by atoms with E-state index in [2.05, 4.69) is 0 Å². The lowest BCUT2D eigenvalue weighted by molar-refractivity contribution is -0.385. The van der Waals surface area contributed by atoms with Gasteiger partial charge in [0, 0.05) is 17.7 Å². The van der Waals surface area contributed by atoms with Crippen LogP contribution in [0, 0.1) is 10.1 Å². The van der Waals surface area contributed by atoms with Crippen molar-refractivity contribution in [1.82, 2.24) is 0 Å². The Balaban J connectivity index is 3.36. The van der Waals surface area contributed by atoms with Crippen molar-refractivity contribution in [3.8, 4) is 0 Å². The molecule has 1 aromatic rings. The lowest BCUT2D eigenvalue weighted by Gasteiger charge is -2.16. The highest BCUT2D eigenvalue weighted by atomic mass is 16.6. The van der Waals surface area contributed by atoms with E-state index < -0.39 is 45.8 Å². The predicted molar refractivity (Wildman–Crippen MR) is 60.2 cm³/mol. The lowest BCUT2D eigenvalue weighted by atomic mass is 9.97. The first-order valence-corrected chi connectivity index (χ1v) is 4.92. The summed E-state index contributed by atoms with van der Waals surface area (Å²) in [5, 5.41) is 38.4. The van der Waals surface area contributed by atoms with Crippen molar-refractivity contribution >= 4 is 17.6 Å². The highest BCUT2D eigenvalue weighted by Gasteiger charge is 2.29. The Bertz CT molecular complexity index is 543. The van der Waals surface area contributed by atoms with Crippen LogP contribution in [-0.2, 0) is 4.79 Å². The SMILES string of the molecule is NC(=O)C(O)C(O)c1cc([N+](=O)[O-])ccc1C(=O)O. The largest absolute Gasteiger partial charge is 0.478 e. The van der Waals surface area contributed by atoms with E-state index in [1.807, 2.05) is 0 Å². The van der Waals surface area contributed by atoms with Crippen molar-refractivity contribution in [2.45, 2.75) is 12.2 Å². The van der Waals surface area contributed by atoms with Gasteiger partial charge in [0.2, 0.25) is 5.91 Å². The lowest BCUT2D eigenvalue weighted by Crippen LogP contribution is -2.34. The van der Waals surface area contributed by atoms with Gasteiger partial charge >= 0.3 is 5.97 Å². The van der Waals surface area contributed by atoms with E-state index in [9.17, 15) is 29.9 Å². The van der Waals surface area contributed by atoms with Crippen LogP contribution in [0.2, 0.25) is 0 Å². The number of benzene rings is 1. The molecule has 19 heavy (non-hydrogen) atoms. The van der Waals surface area contributed by atoms with Crippen LogP contribution >= 0.6 is 0 Å². The predicted octanol–water partition coefficient (Wildman–Crippen LogP) is -0.827. The average Bonchev–Trinajstić information content (AvgIpc) is 2.35. The second-order valence-electron chi connectivity index (χ2n) is 3.63. The van der Waals surface area contributed by atoms with Crippen molar-refractivity contribution in [1.29, 1.82) is 0 Å². The molecule has 0 bridgehead atoms. The number of primary amides is 1. The van der Waals surface area contributed by atoms with Crippen molar-refractivity contribution < 1.29 is 29.8 Å². The van der Waals surface area contributed by atoms with Crippen LogP contribution < -0.4 is 5.73 Å². The van der Waals surface area contributed by atoms with Crippen LogP contribution in [0.25, 0.3) is 0 Å². The van der Waals surface area contributed by atoms with E-state index in [4.69, 9.17) is 10.8 Å². The molecule has 0 aliphatic heterocycles. The van der Waals surface area contributed by atoms with Gasteiger partial charge < -0.3 is 21.1 Å². The molecule has 0 heterocycles. The Morgan fingerprint density at radius 3 is 2.32 bits per heavy atom. The molecule has 0 fully saturated rings. The Morgan fingerprint density at radius 2 is 1.89 bits per heavy atom. The molecule has 0 saturated heterocycles. The van der Waals surface area contributed by atoms with Gasteiger partial charge in [-0.1, -0.05) is 0 Å². The van der Waals surface area contributed by atoms with Crippen LogP contribution in [0.4, 0.5) is 5.69 Å². The van der Waals surface area contributed by atoms with Crippen LogP contribution in [0.5, 0.6) is 0 Å². The van der Waals surface area contributed by atoms with E-state index in [1.54, 1.807) is 0 Å². The number of nitrogens with zero attached hydrogens (tertiary/aromatic N) is 1. The molecule has 0 radical (unpaired) electrons. The molecule has 102 valence electrons. The molecular weight excluding hydrogens is 260 g/mol. The zero-order valence-corrected chi connectivity index (χ0v) is 9.39. The van der Waals surface area contributed by atoms with E-state index in [1.165, 1.54) is 0 Å². The minimum atomic E-state index is -2.07. The maximum absolute atomic E-state index is 10.9. The smallest absolute Gasteiger partial charge is 0.336 e. The fraction of sp³-hybridized carbons (Fsp3) is 0.200. The molecular formula is C10H10N2O7.